The number of aliphatic hydroxyl groups is 2. The summed E-state index contributed by atoms with van der Waals surface area (Å²) >= 11 is 0. The van der Waals surface area contributed by atoms with E-state index >= 15 is 0 Å². The van der Waals surface area contributed by atoms with Gasteiger partial charge in [0.1, 0.15) is 6.10 Å². The second-order valence-electron chi connectivity index (χ2n) is 4.78. The molecule has 0 unspecified atom stereocenters. The van der Waals surface area contributed by atoms with Crippen LogP contribution < -0.4 is 0 Å². The fourth-order valence-electron chi connectivity index (χ4n) is 2.38. The molecule has 0 saturated carbocycles. The van der Waals surface area contributed by atoms with Gasteiger partial charge in [-0.25, -0.2) is 0 Å². The zero-order valence-electron chi connectivity index (χ0n) is 11.2. The Bertz CT molecular complexity index is 437. The molecule has 4 heteroatoms. The molecule has 4 nitrogen and oxygen atoms in total. The summed E-state index contributed by atoms with van der Waals surface area (Å²) in [4.78, 5) is 0. The van der Waals surface area contributed by atoms with Gasteiger partial charge in [0.25, 0.3) is 0 Å². The van der Waals surface area contributed by atoms with Crippen molar-refractivity contribution in [2.24, 2.45) is 0 Å². The van der Waals surface area contributed by atoms with Crippen LogP contribution in [0.5, 0.6) is 0 Å². The predicted molar refractivity (Wildman–Crippen MR) is 71.5 cm³/mol. The van der Waals surface area contributed by atoms with Crippen LogP contribution in [0.4, 0.5) is 0 Å². The van der Waals surface area contributed by atoms with Crippen LogP contribution >= 0.6 is 0 Å². The minimum atomic E-state index is -1.64. The maximum atomic E-state index is 10.9. The number of hydrogen-bond donors (Lipinski definition) is 2. The molecule has 1 aliphatic heterocycles. The van der Waals surface area contributed by atoms with Gasteiger partial charge in [-0.3, -0.25) is 0 Å². The van der Waals surface area contributed by atoms with Gasteiger partial charge in [0.05, 0.1) is 13.2 Å². The third kappa shape index (κ3) is 2.44. The molecule has 0 amide bonds. The van der Waals surface area contributed by atoms with Gasteiger partial charge >= 0.3 is 0 Å². The highest BCUT2D eigenvalue weighted by molar-refractivity contribution is 5.26. The van der Waals surface area contributed by atoms with Crippen molar-refractivity contribution in [1.82, 2.24) is 0 Å². The number of rotatable bonds is 4. The highest BCUT2D eigenvalue weighted by Gasteiger charge is 2.54. The van der Waals surface area contributed by atoms with E-state index in [9.17, 15) is 10.2 Å². The quantitative estimate of drug-likeness (QED) is 0.814. The zero-order chi connectivity index (χ0) is 13.9. The lowest BCUT2D eigenvalue weighted by molar-refractivity contribution is -0.268. The topological polar surface area (TPSA) is 58.9 Å². The Labute approximate surface area is 113 Å². The van der Waals surface area contributed by atoms with Crippen LogP contribution in [0.2, 0.25) is 0 Å². The molecule has 0 aliphatic carbocycles. The second-order valence-corrected chi connectivity index (χ2v) is 4.78. The summed E-state index contributed by atoms with van der Waals surface area (Å²) in [5.74, 6) is -1.26. The molecular weight excluding hydrogens is 244 g/mol. The van der Waals surface area contributed by atoms with E-state index in [0.717, 1.165) is 0 Å². The highest BCUT2D eigenvalue weighted by Crippen LogP contribution is 2.41. The Morgan fingerprint density at radius 2 is 1.84 bits per heavy atom. The van der Waals surface area contributed by atoms with Crippen molar-refractivity contribution in [2.75, 3.05) is 13.2 Å². The van der Waals surface area contributed by atoms with Crippen LogP contribution in [0.15, 0.2) is 42.5 Å². The first kappa shape index (κ1) is 14.2. The van der Waals surface area contributed by atoms with E-state index in [1.165, 1.54) is 6.08 Å². The van der Waals surface area contributed by atoms with Crippen molar-refractivity contribution in [3.05, 3.63) is 48.0 Å². The van der Waals surface area contributed by atoms with Gasteiger partial charge < -0.3 is 19.7 Å². The molecule has 19 heavy (non-hydrogen) atoms. The molecule has 0 spiro atoms. The third-order valence-corrected chi connectivity index (χ3v) is 3.52. The number of hydrogen-bond acceptors (Lipinski definition) is 4. The Morgan fingerprint density at radius 1 is 1.26 bits per heavy atom. The summed E-state index contributed by atoms with van der Waals surface area (Å²) in [5.41, 5.74) is -1.02. The molecule has 1 aromatic carbocycles. The van der Waals surface area contributed by atoms with Crippen LogP contribution in [0.25, 0.3) is 0 Å². The molecule has 1 aromatic rings. The first-order chi connectivity index (χ1) is 9.03. The van der Waals surface area contributed by atoms with Crippen LogP contribution in [0.3, 0.4) is 0 Å². The van der Waals surface area contributed by atoms with Gasteiger partial charge in [-0.15, -0.1) is 0 Å². The summed E-state index contributed by atoms with van der Waals surface area (Å²) in [6.07, 6.45) is 2.08. The SMILES string of the molecule is C/C=C/[C@@](O)([C@H](O)c1ccccc1)C1(C)OCCO1. The Morgan fingerprint density at radius 3 is 2.37 bits per heavy atom. The first-order valence-corrected chi connectivity index (χ1v) is 6.40. The molecule has 1 aliphatic rings. The highest BCUT2D eigenvalue weighted by atomic mass is 16.7. The second kappa shape index (κ2) is 5.43. The average molecular weight is 264 g/mol. The average Bonchev–Trinajstić information content (AvgIpc) is 2.87. The summed E-state index contributed by atoms with van der Waals surface area (Å²) in [7, 11) is 0. The van der Waals surface area contributed by atoms with E-state index in [4.69, 9.17) is 9.47 Å². The lowest BCUT2D eigenvalue weighted by atomic mass is 9.83. The summed E-state index contributed by atoms with van der Waals surface area (Å²) in [6, 6.07) is 9.00. The molecule has 2 rings (SSSR count). The summed E-state index contributed by atoms with van der Waals surface area (Å²) < 4.78 is 11.0. The third-order valence-electron chi connectivity index (χ3n) is 3.52. The number of allylic oxidation sites excluding steroid dienone is 1. The largest absolute Gasteiger partial charge is 0.385 e. The van der Waals surface area contributed by atoms with E-state index < -0.39 is 17.5 Å². The molecule has 1 heterocycles. The molecule has 1 saturated heterocycles. The molecule has 104 valence electrons. The Hall–Kier alpha value is -1.20. The maximum absolute atomic E-state index is 10.9. The van der Waals surface area contributed by atoms with Gasteiger partial charge in [-0.05, 0) is 25.5 Å². The van der Waals surface area contributed by atoms with Gasteiger partial charge in [-0.1, -0.05) is 36.4 Å². The first-order valence-electron chi connectivity index (χ1n) is 6.40. The van der Waals surface area contributed by atoms with Crippen LogP contribution in [0, 0.1) is 0 Å². The van der Waals surface area contributed by atoms with E-state index in [-0.39, 0.29) is 0 Å². The minimum absolute atomic E-state index is 0.401. The molecule has 0 bridgehead atoms. The molecule has 1 fully saturated rings. The minimum Gasteiger partial charge on any atom is -0.385 e. The Kier molecular flexibility index (Phi) is 4.06. The van der Waals surface area contributed by atoms with E-state index in [1.54, 1.807) is 32.1 Å². The van der Waals surface area contributed by atoms with Gasteiger partial charge in [0.15, 0.2) is 5.60 Å². The maximum Gasteiger partial charge on any atom is 0.201 e. The number of benzene rings is 1. The standard InChI is InChI=1S/C15H20O4/c1-3-9-15(17,14(2)18-10-11-19-14)13(16)12-7-5-4-6-8-12/h3-9,13,16-17H,10-11H2,1-2H3/b9-3+/t13-,15-/m1/s1. The van der Waals surface area contributed by atoms with Crippen LogP contribution in [-0.2, 0) is 9.47 Å². The van der Waals surface area contributed by atoms with Crippen molar-refractivity contribution in [1.29, 1.82) is 0 Å². The van der Waals surface area contributed by atoms with Crippen molar-refractivity contribution in [3.8, 4) is 0 Å². The van der Waals surface area contributed by atoms with Crippen molar-refractivity contribution < 1.29 is 19.7 Å². The van der Waals surface area contributed by atoms with Crippen molar-refractivity contribution >= 4 is 0 Å². The number of aliphatic hydroxyl groups excluding tert-OH is 1. The molecule has 0 radical (unpaired) electrons. The zero-order valence-corrected chi connectivity index (χ0v) is 11.2. The van der Waals surface area contributed by atoms with E-state index in [1.807, 2.05) is 18.2 Å². The lowest BCUT2D eigenvalue weighted by Crippen LogP contribution is -2.55. The summed E-state index contributed by atoms with van der Waals surface area (Å²) in [5, 5.41) is 21.4. The molecule has 2 N–H and O–H groups in total. The van der Waals surface area contributed by atoms with Gasteiger partial charge in [-0.2, -0.15) is 0 Å². The Balaban J connectivity index is 2.39. The lowest BCUT2D eigenvalue weighted by Gasteiger charge is -2.41. The number of ether oxygens (including phenoxy) is 2. The van der Waals surface area contributed by atoms with E-state index in [0.29, 0.717) is 18.8 Å². The fraction of sp³-hybridized carbons (Fsp3) is 0.467. The molecule has 2 atom stereocenters. The summed E-state index contributed by atoms with van der Waals surface area (Å²) in [6.45, 7) is 4.23. The molecule has 0 aromatic heterocycles. The van der Waals surface area contributed by atoms with Gasteiger partial charge in [0.2, 0.25) is 5.79 Å². The van der Waals surface area contributed by atoms with Crippen LogP contribution in [0.1, 0.15) is 25.5 Å². The van der Waals surface area contributed by atoms with Crippen molar-refractivity contribution in [2.45, 2.75) is 31.3 Å². The monoisotopic (exact) mass is 264 g/mol. The van der Waals surface area contributed by atoms with E-state index in [2.05, 4.69) is 0 Å². The predicted octanol–water partition coefficient (Wildman–Crippen LogP) is 1.79. The van der Waals surface area contributed by atoms with Crippen LogP contribution in [-0.4, -0.2) is 34.8 Å². The van der Waals surface area contributed by atoms with Gasteiger partial charge in [0, 0.05) is 0 Å². The normalized spacial score (nSPS) is 23.4. The fourth-order valence-corrected chi connectivity index (χ4v) is 2.38. The smallest absolute Gasteiger partial charge is 0.201 e. The van der Waals surface area contributed by atoms with Crippen molar-refractivity contribution in [3.63, 3.8) is 0 Å². The molecular formula is C15H20O4.